The van der Waals surface area contributed by atoms with E-state index in [1.54, 1.807) is 37.4 Å². The zero-order valence-electron chi connectivity index (χ0n) is 15.4. The van der Waals surface area contributed by atoms with E-state index in [-0.39, 0.29) is 6.61 Å². The third-order valence-electron chi connectivity index (χ3n) is 3.87. The Morgan fingerprint density at radius 2 is 1.65 bits per heavy atom. The molecule has 6 heteroatoms. The molecule has 6 nitrogen and oxygen atoms in total. The molecule has 0 radical (unpaired) electrons. The number of aryl methyl sites for hydroxylation is 2. The molecule has 0 aromatic heterocycles. The maximum atomic E-state index is 12.1. The quantitative estimate of drug-likeness (QED) is 0.770. The summed E-state index contributed by atoms with van der Waals surface area (Å²) < 4.78 is 15.6. The van der Waals surface area contributed by atoms with E-state index in [0.29, 0.717) is 17.2 Å². The van der Waals surface area contributed by atoms with Crippen LogP contribution in [0.4, 0.5) is 5.69 Å². The summed E-state index contributed by atoms with van der Waals surface area (Å²) in [5.41, 5.74) is 2.80. The number of amides is 1. The largest absolute Gasteiger partial charge is 0.497 e. The lowest BCUT2D eigenvalue weighted by molar-refractivity contribution is -0.155. The molecule has 0 bridgehead atoms. The van der Waals surface area contributed by atoms with Crippen molar-refractivity contribution in [1.82, 2.24) is 0 Å². The van der Waals surface area contributed by atoms with E-state index < -0.39 is 18.0 Å². The van der Waals surface area contributed by atoms with E-state index in [1.165, 1.54) is 6.92 Å². The molecule has 1 amide bonds. The number of anilines is 1. The van der Waals surface area contributed by atoms with Crippen LogP contribution in [0.25, 0.3) is 0 Å². The second-order valence-corrected chi connectivity index (χ2v) is 5.88. The third kappa shape index (κ3) is 5.51. The molecule has 26 heavy (non-hydrogen) atoms. The number of ether oxygens (including phenoxy) is 3. The van der Waals surface area contributed by atoms with Gasteiger partial charge in [0.2, 0.25) is 0 Å². The fraction of sp³-hybridized carbons (Fsp3) is 0.300. The number of carbonyl (C=O) groups is 2. The molecular formula is C20H23NO5. The van der Waals surface area contributed by atoms with Crippen molar-refractivity contribution in [3.63, 3.8) is 0 Å². The van der Waals surface area contributed by atoms with Crippen LogP contribution in [0.2, 0.25) is 0 Å². The Hall–Kier alpha value is -3.02. The van der Waals surface area contributed by atoms with Gasteiger partial charge in [-0.3, -0.25) is 4.79 Å². The fourth-order valence-electron chi connectivity index (χ4n) is 2.15. The lowest BCUT2D eigenvalue weighted by Gasteiger charge is -2.14. The molecule has 0 saturated heterocycles. The molecule has 0 saturated carbocycles. The van der Waals surface area contributed by atoms with Crippen LogP contribution in [-0.4, -0.2) is 31.7 Å². The minimum atomic E-state index is -0.937. The maximum Gasteiger partial charge on any atom is 0.344 e. The summed E-state index contributed by atoms with van der Waals surface area (Å²) in [6, 6.07) is 12.4. The summed E-state index contributed by atoms with van der Waals surface area (Å²) in [6.45, 7) is 5.21. The van der Waals surface area contributed by atoms with Crippen molar-refractivity contribution < 1.29 is 23.8 Å². The molecule has 0 fully saturated rings. The first kappa shape index (κ1) is 19.3. The van der Waals surface area contributed by atoms with Gasteiger partial charge in [-0.05, 0) is 68.3 Å². The highest BCUT2D eigenvalue weighted by molar-refractivity contribution is 5.95. The second-order valence-electron chi connectivity index (χ2n) is 5.88. The molecule has 0 aliphatic carbocycles. The van der Waals surface area contributed by atoms with E-state index in [0.717, 1.165) is 11.1 Å². The number of nitrogens with one attached hydrogen (secondary N) is 1. The van der Waals surface area contributed by atoms with Gasteiger partial charge in [0.25, 0.3) is 5.91 Å². The highest BCUT2D eigenvalue weighted by Crippen LogP contribution is 2.17. The Labute approximate surface area is 153 Å². The number of benzene rings is 2. The second kappa shape index (κ2) is 8.89. The zero-order valence-corrected chi connectivity index (χ0v) is 15.4. The minimum absolute atomic E-state index is 0.261. The predicted molar refractivity (Wildman–Crippen MR) is 98.6 cm³/mol. The monoisotopic (exact) mass is 357 g/mol. The summed E-state index contributed by atoms with van der Waals surface area (Å²) in [5.74, 6) is 0.238. The Balaban J connectivity index is 1.81. The fourth-order valence-corrected chi connectivity index (χ4v) is 2.15. The number of carbonyl (C=O) groups excluding carboxylic acids is 2. The first-order valence-electron chi connectivity index (χ1n) is 8.23. The van der Waals surface area contributed by atoms with Crippen molar-refractivity contribution in [3.8, 4) is 11.5 Å². The highest BCUT2D eigenvalue weighted by Gasteiger charge is 2.18. The molecule has 0 aliphatic heterocycles. The first-order valence-corrected chi connectivity index (χ1v) is 8.23. The van der Waals surface area contributed by atoms with Crippen LogP contribution in [0.5, 0.6) is 11.5 Å². The van der Waals surface area contributed by atoms with Gasteiger partial charge in [0.1, 0.15) is 11.5 Å². The summed E-state index contributed by atoms with van der Waals surface area (Å²) in [5, 5.41) is 2.67. The van der Waals surface area contributed by atoms with Crippen molar-refractivity contribution in [2.45, 2.75) is 26.9 Å². The standard InChI is InChI=1S/C20H23NO5/c1-13-5-8-18(11-14(13)2)25-12-19(22)26-15(3)20(23)21-16-6-9-17(24-4)10-7-16/h5-11,15H,12H2,1-4H3,(H,21,23)/t15-/m0/s1. The molecule has 2 aromatic rings. The van der Waals surface area contributed by atoms with E-state index >= 15 is 0 Å². The van der Waals surface area contributed by atoms with Crippen molar-refractivity contribution in [2.75, 3.05) is 19.0 Å². The van der Waals surface area contributed by atoms with Crippen LogP contribution in [0.1, 0.15) is 18.1 Å². The van der Waals surface area contributed by atoms with Crippen LogP contribution in [0.15, 0.2) is 42.5 Å². The lowest BCUT2D eigenvalue weighted by Crippen LogP contribution is -2.31. The molecule has 138 valence electrons. The smallest absolute Gasteiger partial charge is 0.344 e. The van der Waals surface area contributed by atoms with Gasteiger partial charge in [-0.2, -0.15) is 0 Å². The molecule has 1 N–H and O–H groups in total. The normalized spacial score (nSPS) is 11.4. The average molecular weight is 357 g/mol. The lowest BCUT2D eigenvalue weighted by atomic mass is 10.1. The molecule has 2 aromatic carbocycles. The van der Waals surface area contributed by atoms with Gasteiger partial charge in [-0.1, -0.05) is 6.07 Å². The highest BCUT2D eigenvalue weighted by atomic mass is 16.6. The van der Waals surface area contributed by atoms with E-state index in [9.17, 15) is 9.59 Å². The maximum absolute atomic E-state index is 12.1. The van der Waals surface area contributed by atoms with Crippen LogP contribution >= 0.6 is 0 Å². The third-order valence-corrected chi connectivity index (χ3v) is 3.87. The van der Waals surface area contributed by atoms with Gasteiger partial charge in [0, 0.05) is 5.69 Å². The number of rotatable bonds is 7. The van der Waals surface area contributed by atoms with E-state index in [1.807, 2.05) is 26.0 Å². The van der Waals surface area contributed by atoms with Crippen molar-refractivity contribution in [1.29, 1.82) is 0 Å². The molecule has 0 unspecified atom stereocenters. The van der Waals surface area contributed by atoms with Gasteiger partial charge in [-0.25, -0.2) is 4.79 Å². The van der Waals surface area contributed by atoms with Crippen molar-refractivity contribution >= 4 is 17.6 Å². The van der Waals surface area contributed by atoms with Gasteiger partial charge < -0.3 is 19.5 Å². The average Bonchev–Trinajstić information content (AvgIpc) is 2.63. The van der Waals surface area contributed by atoms with E-state index in [4.69, 9.17) is 14.2 Å². The van der Waals surface area contributed by atoms with Crippen molar-refractivity contribution in [3.05, 3.63) is 53.6 Å². The summed E-state index contributed by atoms with van der Waals surface area (Å²) in [7, 11) is 1.56. The van der Waals surface area contributed by atoms with Crippen LogP contribution in [0, 0.1) is 13.8 Å². The van der Waals surface area contributed by atoms with Gasteiger partial charge in [-0.15, -0.1) is 0 Å². The van der Waals surface area contributed by atoms with Gasteiger partial charge >= 0.3 is 5.97 Å². The number of methoxy groups -OCH3 is 1. The predicted octanol–water partition coefficient (Wildman–Crippen LogP) is 3.26. The molecule has 0 aliphatic rings. The topological polar surface area (TPSA) is 73.9 Å². The van der Waals surface area contributed by atoms with Gasteiger partial charge in [0.05, 0.1) is 7.11 Å². The summed E-state index contributed by atoms with van der Waals surface area (Å²) in [6.07, 6.45) is -0.937. The van der Waals surface area contributed by atoms with E-state index in [2.05, 4.69) is 5.32 Å². The van der Waals surface area contributed by atoms with Gasteiger partial charge in [0.15, 0.2) is 12.7 Å². The molecule has 0 spiro atoms. The Kier molecular flexibility index (Phi) is 6.60. The minimum Gasteiger partial charge on any atom is -0.497 e. The Morgan fingerprint density at radius 1 is 1.00 bits per heavy atom. The molecular weight excluding hydrogens is 334 g/mol. The number of hydrogen-bond donors (Lipinski definition) is 1. The zero-order chi connectivity index (χ0) is 19.1. The number of hydrogen-bond acceptors (Lipinski definition) is 5. The Morgan fingerprint density at radius 3 is 2.27 bits per heavy atom. The number of esters is 1. The Bertz CT molecular complexity index is 770. The molecule has 0 heterocycles. The van der Waals surface area contributed by atoms with Crippen LogP contribution in [-0.2, 0) is 14.3 Å². The van der Waals surface area contributed by atoms with Crippen LogP contribution < -0.4 is 14.8 Å². The first-order chi connectivity index (χ1) is 12.4. The molecule has 2 rings (SSSR count). The summed E-state index contributed by atoms with van der Waals surface area (Å²) in [4.78, 5) is 24.0. The van der Waals surface area contributed by atoms with Crippen LogP contribution in [0.3, 0.4) is 0 Å². The SMILES string of the molecule is COc1ccc(NC(=O)[C@H](C)OC(=O)COc2ccc(C)c(C)c2)cc1. The molecule has 1 atom stereocenters. The summed E-state index contributed by atoms with van der Waals surface area (Å²) >= 11 is 0. The van der Waals surface area contributed by atoms with Crippen molar-refractivity contribution in [2.24, 2.45) is 0 Å².